The molecule has 0 saturated heterocycles. The molecule has 1 amide bonds. The Morgan fingerprint density at radius 1 is 1.18 bits per heavy atom. The molecular formula is C14H9NO5S2. The third-order valence-corrected chi connectivity index (χ3v) is 5.29. The maximum absolute atomic E-state index is 12.3. The first-order chi connectivity index (χ1) is 10.4. The molecule has 0 fully saturated rings. The van der Waals surface area contributed by atoms with Crippen molar-refractivity contribution >= 4 is 46.1 Å². The number of carboxylic acids is 1. The second-order valence-electron chi connectivity index (χ2n) is 4.71. The zero-order chi connectivity index (χ0) is 16.0. The van der Waals surface area contributed by atoms with Crippen LogP contribution in [-0.2, 0) is 4.79 Å². The fraction of sp³-hybridized carbons (Fsp3) is 0.143. The third-order valence-electron chi connectivity index (χ3n) is 3.24. The van der Waals surface area contributed by atoms with Crippen LogP contribution < -0.4 is 5.32 Å². The highest BCUT2D eigenvalue weighted by atomic mass is 32.1. The lowest BCUT2D eigenvalue weighted by atomic mass is 9.96. The third kappa shape index (κ3) is 2.16. The number of aliphatic carboxylic acids is 1. The quantitative estimate of drug-likeness (QED) is 0.760. The molecule has 3 rings (SSSR count). The Morgan fingerprint density at radius 3 is 2.55 bits per heavy atom. The molecule has 1 aliphatic rings. The van der Waals surface area contributed by atoms with E-state index in [9.17, 15) is 19.2 Å². The van der Waals surface area contributed by atoms with E-state index in [1.807, 2.05) is 0 Å². The fourth-order valence-electron chi connectivity index (χ4n) is 2.08. The van der Waals surface area contributed by atoms with Crippen molar-refractivity contribution in [3.63, 3.8) is 0 Å². The summed E-state index contributed by atoms with van der Waals surface area (Å²) < 4.78 is 0. The zero-order valence-corrected chi connectivity index (χ0v) is 12.8. The van der Waals surface area contributed by atoms with Crippen LogP contribution in [0.2, 0.25) is 0 Å². The van der Waals surface area contributed by atoms with Crippen molar-refractivity contribution in [1.29, 1.82) is 0 Å². The van der Waals surface area contributed by atoms with Crippen LogP contribution in [0.15, 0.2) is 17.5 Å². The lowest BCUT2D eigenvalue weighted by Gasteiger charge is -2.08. The normalized spacial score (nSPS) is 14.2. The smallest absolute Gasteiger partial charge is 0.325 e. The van der Waals surface area contributed by atoms with Gasteiger partial charge >= 0.3 is 5.97 Å². The van der Waals surface area contributed by atoms with Crippen LogP contribution in [0.4, 0.5) is 0 Å². The number of ketones is 2. The first-order valence-corrected chi connectivity index (χ1v) is 7.94. The van der Waals surface area contributed by atoms with Gasteiger partial charge in [0, 0.05) is 11.1 Å². The Balaban J connectivity index is 1.96. The van der Waals surface area contributed by atoms with Crippen LogP contribution in [-0.4, -0.2) is 34.6 Å². The Labute approximate surface area is 132 Å². The zero-order valence-electron chi connectivity index (χ0n) is 11.2. The molecule has 0 bridgehead atoms. The predicted molar refractivity (Wildman–Crippen MR) is 80.1 cm³/mol. The van der Waals surface area contributed by atoms with Crippen LogP contribution in [0.3, 0.4) is 0 Å². The van der Waals surface area contributed by atoms with Gasteiger partial charge in [0.2, 0.25) is 11.6 Å². The van der Waals surface area contributed by atoms with Gasteiger partial charge in [0.1, 0.15) is 6.04 Å². The number of amides is 1. The molecule has 0 spiro atoms. The average molecular weight is 335 g/mol. The Bertz CT molecular complexity index is 784. The minimum absolute atomic E-state index is 0.148. The van der Waals surface area contributed by atoms with Crippen LogP contribution in [0.5, 0.6) is 0 Å². The highest BCUT2D eigenvalue weighted by Gasteiger charge is 2.34. The van der Waals surface area contributed by atoms with Gasteiger partial charge in [-0.3, -0.25) is 19.2 Å². The molecule has 2 aromatic heterocycles. The molecule has 0 unspecified atom stereocenters. The molecule has 22 heavy (non-hydrogen) atoms. The van der Waals surface area contributed by atoms with Crippen LogP contribution in [0.25, 0.3) is 0 Å². The van der Waals surface area contributed by atoms with E-state index < -0.39 is 17.9 Å². The summed E-state index contributed by atoms with van der Waals surface area (Å²) in [5.74, 6) is -2.33. The molecule has 2 N–H and O–H groups in total. The Kier molecular flexibility index (Phi) is 3.42. The molecule has 2 aromatic rings. The van der Waals surface area contributed by atoms with E-state index in [2.05, 4.69) is 5.32 Å². The predicted octanol–water partition coefficient (Wildman–Crippen LogP) is 1.79. The molecule has 1 aliphatic carbocycles. The summed E-state index contributed by atoms with van der Waals surface area (Å²) in [6.45, 7) is 1.33. The van der Waals surface area contributed by atoms with Gasteiger partial charge in [-0.15, -0.1) is 22.7 Å². The van der Waals surface area contributed by atoms with E-state index in [0.29, 0.717) is 10.4 Å². The van der Waals surface area contributed by atoms with Gasteiger partial charge in [-0.05, 0) is 24.4 Å². The summed E-state index contributed by atoms with van der Waals surface area (Å²) in [6.07, 6.45) is 0. The lowest BCUT2D eigenvalue weighted by Crippen LogP contribution is -2.37. The van der Waals surface area contributed by atoms with Crippen molar-refractivity contribution in [1.82, 2.24) is 5.32 Å². The van der Waals surface area contributed by atoms with Crippen LogP contribution in [0, 0.1) is 0 Å². The van der Waals surface area contributed by atoms with Crippen molar-refractivity contribution in [2.24, 2.45) is 0 Å². The molecule has 0 radical (unpaired) electrons. The highest BCUT2D eigenvalue weighted by molar-refractivity contribution is 7.17. The number of carbonyl (C=O) groups excluding carboxylic acids is 3. The largest absolute Gasteiger partial charge is 0.480 e. The van der Waals surface area contributed by atoms with Gasteiger partial charge in [0.05, 0.1) is 14.6 Å². The number of hydrogen-bond donors (Lipinski definition) is 2. The Morgan fingerprint density at radius 2 is 1.86 bits per heavy atom. The van der Waals surface area contributed by atoms with Gasteiger partial charge in [-0.2, -0.15) is 0 Å². The van der Waals surface area contributed by atoms with Crippen molar-refractivity contribution in [2.45, 2.75) is 13.0 Å². The summed E-state index contributed by atoms with van der Waals surface area (Å²) in [5.41, 5.74) is 0.563. The molecule has 1 atom stereocenters. The standard InChI is InChI=1S/C14H9NO5S2/c1-5(14(19)20)15-13(18)8-4-7-10(17)11-6(2-3-21-11)9(16)12(7)22-8/h2-5H,1H3,(H,15,18)(H,19,20)/t5-/m0/s1. The first-order valence-electron chi connectivity index (χ1n) is 6.24. The lowest BCUT2D eigenvalue weighted by molar-refractivity contribution is -0.138. The highest BCUT2D eigenvalue weighted by Crippen LogP contribution is 2.35. The maximum Gasteiger partial charge on any atom is 0.325 e. The Hall–Kier alpha value is -2.32. The maximum atomic E-state index is 12.3. The number of fused-ring (bicyclic) bond motifs is 2. The number of nitrogens with one attached hydrogen (secondary N) is 1. The number of thiophene rings is 2. The number of hydrogen-bond acceptors (Lipinski definition) is 6. The van der Waals surface area contributed by atoms with Crippen LogP contribution in [0.1, 0.15) is 47.1 Å². The topological polar surface area (TPSA) is 101 Å². The van der Waals surface area contributed by atoms with E-state index in [1.165, 1.54) is 24.3 Å². The molecule has 6 nitrogen and oxygen atoms in total. The molecule has 0 aliphatic heterocycles. The summed E-state index contributed by atoms with van der Waals surface area (Å²) in [7, 11) is 0. The monoisotopic (exact) mass is 335 g/mol. The van der Waals surface area contributed by atoms with E-state index in [0.717, 1.165) is 11.3 Å². The summed E-state index contributed by atoms with van der Waals surface area (Å²) in [5, 5.41) is 12.8. The fourth-order valence-corrected chi connectivity index (χ4v) is 3.94. The van der Waals surface area contributed by atoms with Gasteiger partial charge in [0.15, 0.2) is 0 Å². The number of rotatable bonds is 3. The van der Waals surface area contributed by atoms with Crippen molar-refractivity contribution in [2.75, 3.05) is 0 Å². The molecule has 8 heteroatoms. The number of carboxylic acid groups (broad SMARTS) is 1. The van der Waals surface area contributed by atoms with Crippen molar-refractivity contribution in [3.05, 3.63) is 43.3 Å². The summed E-state index contributed by atoms with van der Waals surface area (Å²) >= 11 is 2.09. The van der Waals surface area contributed by atoms with E-state index in [-0.39, 0.29) is 26.9 Å². The SMILES string of the molecule is C[C@H](NC(=O)c1cc2c(s1)C(=O)c1ccsc1C2=O)C(=O)O. The van der Waals surface area contributed by atoms with E-state index in [4.69, 9.17) is 5.11 Å². The van der Waals surface area contributed by atoms with Crippen molar-refractivity contribution in [3.8, 4) is 0 Å². The second kappa shape index (κ2) is 5.15. The molecular weight excluding hydrogens is 326 g/mol. The molecule has 0 aromatic carbocycles. The minimum atomic E-state index is -1.16. The van der Waals surface area contributed by atoms with Crippen LogP contribution >= 0.6 is 22.7 Å². The summed E-state index contributed by atoms with van der Waals surface area (Å²) in [4.78, 5) is 48.2. The minimum Gasteiger partial charge on any atom is -0.480 e. The average Bonchev–Trinajstić information content (AvgIpc) is 3.11. The van der Waals surface area contributed by atoms with E-state index >= 15 is 0 Å². The van der Waals surface area contributed by atoms with Gasteiger partial charge < -0.3 is 10.4 Å². The number of carbonyl (C=O) groups is 4. The second-order valence-corrected chi connectivity index (χ2v) is 6.68. The van der Waals surface area contributed by atoms with E-state index in [1.54, 1.807) is 11.4 Å². The molecule has 0 saturated carbocycles. The first kappa shape index (κ1) is 14.6. The van der Waals surface area contributed by atoms with Gasteiger partial charge in [0.25, 0.3) is 5.91 Å². The molecule has 2 heterocycles. The van der Waals surface area contributed by atoms with Gasteiger partial charge in [-0.1, -0.05) is 0 Å². The summed E-state index contributed by atoms with van der Waals surface area (Å²) in [6, 6.07) is 1.89. The molecule has 112 valence electrons. The van der Waals surface area contributed by atoms with Crippen molar-refractivity contribution < 1.29 is 24.3 Å². The van der Waals surface area contributed by atoms with Gasteiger partial charge in [-0.25, -0.2) is 0 Å².